The molecule has 112 valence electrons. The van der Waals surface area contributed by atoms with E-state index in [9.17, 15) is 4.79 Å². The van der Waals surface area contributed by atoms with Gasteiger partial charge in [0.15, 0.2) is 5.82 Å². The van der Waals surface area contributed by atoms with Crippen molar-refractivity contribution in [2.45, 2.75) is 25.8 Å². The molecule has 0 bridgehead atoms. The number of carbonyl (C=O) groups is 1. The molecule has 7 heteroatoms. The van der Waals surface area contributed by atoms with Crippen molar-refractivity contribution in [2.24, 2.45) is 5.92 Å². The highest BCUT2D eigenvalue weighted by molar-refractivity contribution is 7.08. The predicted octanol–water partition coefficient (Wildman–Crippen LogP) is 2.34. The first-order valence-electron chi connectivity index (χ1n) is 6.95. The molecule has 3 rings (SSSR count). The fourth-order valence-corrected chi connectivity index (χ4v) is 3.12. The van der Waals surface area contributed by atoms with Gasteiger partial charge in [0.25, 0.3) is 5.91 Å². The summed E-state index contributed by atoms with van der Waals surface area (Å²) in [4.78, 5) is 16.6. The molecule has 0 spiro atoms. The van der Waals surface area contributed by atoms with Crippen LogP contribution in [0.3, 0.4) is 0 Å². The van der Waals surface area contributed by atoms with Gasteiger partial charge < -0.3 is 14.6 Å². The third-order valence-electron chi connectivity index (χ3n) is 3.62. The number of ether oxygens (including phenoxy) is 1. The lowest BCUT2D eigenvalue weighted by molar-refractivity contribution is 0.0468. The van der Waals surface area contributed by atoms with E-state index in [-0.39, 0.29) is 17.9 Å². The van der Waals surface area contributed by atoms with Gasteiger partial charge in [0, 0.05) is 18.6 Å². The second-order valence-electron chi connectivity index (χ2n) is 5.09. The summed E-state index contributed by atoms with van der Waals surface area (Å²) < 4.78 is 10.7. The van der Waals surface area contributed by atoms with Crippen molar-refractivity contribution >= 4 is 17.2 Å². The lowest BCUT2D eigenvalue weighted by Crippen LogP contribution is -2.36. The van der Waals surface area contributed by atoms with E-state index in [1.165, 1.54) is 11.3 Å². The molecule has 0 radical (unpaired) electrons. The lowest BCUT2D eigenvalue weighted by Gasteiger charge is -2.28. The highest BCUT2D eigenvalue weighted by Gasteiger charge is 2.31. The minimum Gasteiger partial charge on any atom is -0.381 e. The average molecular weight is 307 g/mol. The molecule has 0 aliphatic carbocycles. The van der Waals surface area contributed by atoms with Gasteiger partial charge in [-0.25, -0.2) is 0 Å². The van der Waals surface area contributed by atoms with Crippen LogP contribution in [-0.2, 0) is 4.74 Å². The van der Waals surface area contributed by atoms with Crippen LogP contribution in [0.1, 0.15) is 41.0 Å². The number of carbonyl (C=O) groups excluding carboxylic acids is 1. The molecular weight excluding hydrogens is 290 g/mol. The normalized spacial score (nSPS) is 17.6. The Morgan fingerprint density at radius 3 is 2.90 bits per heavy atom. The molecule has 2 aromatic heterocycles. The third kappa shape index (κ3) is 3.30. The van der Waals surface area contributed by atoms with Crippen molar-refractivity contribution in [1.29, 1.82) is 0 Å². The number of hydrogen-bond acceptors (Lipinski definition) is 6. The van der Waals surface area contributed by atoms with E-state index >= 15 is 0 Å². The Hall–Kier alpha value is -1.73. The van der Waals surface area contributed by atoms with Crippen molar-refractivity contribution in [3.8, 4) is 0 Å². The van der Waals surface area contributed by atoms with Crippen LogP contribution in [0.15, 0.2) is 21.3 Å². The summed E-state index contributed by atoms with van der Waals surface area (Å²) in [6, 6.07) is 1.54. The van der Waals surface area contributed by atoms with Gasteiger partial charge in [0.1, 0.15) is 6.04 Å². The highest BCUT2D eigenvalue weighted by Crippen LogP contribution is 2.29. The summed E-state index contributed by atoms with van der Waals surface area (Å²) in [7, 11) is 0. The molecule has 1 atom stereocenters. The van der Waals surface area contributed by atoms with Gasteiger partial charge in [-0.15, -0.1) is 0 Å². The first-order valence-corrected chi connectivity index (χ1v) is 7.89. The molecule has 3 heterocycles. The number of rotatable bonds is 4. The number of amides is 1. The quantitative estimate of drug-likeness (QED) is 0.938. The van der Waals surface area contributed by atoms with Crippen LogP contribution in [0, 0.1) is 12.8 Å². The molecule has 2 aromatic rings. The van der Waals surface area contributed by atoms with Crippen molar-refractivity contribution in [1.82, 2.24) is 15.5 Å². The van der Waals surface area contributed by atoms with Gasteiger partial charge in [-0.2, -0.15) is 16.3 Å². The van der Waals surface area contributed by atoms with Crippen LogP contribution >= 0.6 is 11.3 Å². The van der Waals surface area contributed by atoms with E-state index in [0.29, 0.717) is 30.5 Å². The number of thiophene rings is 1. The van der Waals surface area contributed by atoms with Gasteiger partial charge in [0.05, 0.1) is 5.56 Å². The Morgan fingerprint density at radius 1 is 1.48 bits per heavy atom. The zero-order chi connectivity index (χ0) is 14.7. The predicted molar refractivity (Wildman–Crippen MR) is 77.1 cm³/mol. The molecule has 21 heavy (non-hydrogen) atoms. The maximum atomic E-state index is 12.3. The second kappa shape index (κ2) is 6.36. The third-order valence-corrected chi connectivity index (χ3v) is 4.30. The first-order chi connectivity index (χ1) is 10.2. The second-order valence-corrected chi connectivity index (χ2v) is 5.87. The van der Waals surface area contributed by atoms with E-state index < -0.39 is 0 Å². The summed E-state index contributed by atoms with van der Waals surface area (Å²) in [5.41, 5.74) is 0.660. The van der Waals surface area contributed by atoms with E-state index in [0.717, 1.165) is 12.8 Å². The molecule has 6 nitrogen and oxygen atoms in total. The standard InChI is InChI=1S/C14H17N3O3S/c1-9-15-14(20-17-9)12(10-2-5-19-6-3-10)16-13(18)11-4-7-21-8-11/h4,7-8,10,12H,2-3,5-6H2,1H3,(H,16,18)/t12-/m1/s1. The van der Waals surface area contributed by atoms with Crippen LogP contribution in [-0.4, -0.2) is 29.3 Å². The van der Waals surface area contributed by atoms with Crippen molar-refractivity contribution in [2.75, 3.05) is 13.2 Å². The average Bonchev–Trinajstić information content (AvgIpc) is 3.17. The van der Waals surface area contributed by atoms with Gasteiger partial charge in [-0.05, 0) is 37.1 Å². The van der Waals surface area contributed by atoms with Crippen LogP contribution in [0.2, 0.25) is 0 Å². The zero-order valence-electron chi connectivity index (χ0n) is 11.7. The van der Waals surface area contributed by atoms with Gasteiger partial charge >= 0.3 is 0 Å². The van der Waals surface area contributed by atoms with Crippen LogP contribution in [0.5, 0.6) is 0 Å². The minimum absolute atomic E-state index is 0.108. The Morgan fingerprint density at radius 2 is 2.29 bits per heavy atom. The zero-order valence-corrected chi connectivity index (χ0v) is 12.6. The molecule has 0 unspecified atom stereocenters. The summed E-state index contributed by atoms with van der Waals surface area (Å²) in [6.07, 6.45) is 1.74. The van der Waals surface area contributed by atoms with E-state index in [1.807, 2.05) is 10.8 Å². The van der Waals surface area contributed by atoms with E-state index in [4.69, 9.17) is 9.26 Å². The fraction of sp³-hybridized carbons (Fsp3) is 0.500. The maximum Gasteiger partial charge on any atom is 0.252 e. The largest absolute Gasteiger partial charge is 0.381 e. The van der Waals surface area contributed by atoms with Gasteiger partial charge in [0.2, 0.25) is 5.89 Å². The molecule has 1 fully saturated rings. The maximum absolute atomic E-state index is 12.3. The summed E-state index contributed by atoms with van der Waals surface area (Å²) in [5.74, 6) is 1.19. The SMILES string of the molecule is Cc1noc([C@H](NC(=O)c2ccsc2)C2CCOCC2)n1. The lowest BCUT2D eigenvalue weighted by atomic mass is 9.91. The van der Waals surface area contributed by atoms with Crippen molar-refractivity contribution in [3.05, 3.63) is 34.1 Å². The van der Waals surface area contributed by atoms with Crippen LogP contribution in [0.4, 0.5) is 0 Å². The van der Waals surface area contributed by atoms with E-state index in [1.54, 1.807) is 13.0 Å². The Balaban J connectivity index is 1.79. The van der Waals surface area contributed by atoms with Gasteiger partial charge in [-0.3, -0.25) is 4.79 Å². The number of nitrogens with one attached hydrogen (secondary N) is 1. The summed E-state index contributed by atoms with van der Waals surface area (Å²) in [6.45, 7) is 3.17. The Bertz CT molecular complexity index is 590. The molecule has 1 saturated heterocycles. The monoisotopic (exact) mass is 307 g/mol. The number of aryl methyl sites for hydroxylation is 1. The first kappa shape index (κ1) is 14.2. The van der Waals surface area contributed by atoms with E-state index in [2.05, 4.69) is 15.5 Å². The minimum atomic E-state index is -0.262. The highest BCUT2D eigenvalue weighted by atomic mass is 32.1. The fourth-order valence-electron chi connectivity index (χ4n) is 2.49. The summed E-state index contributed by atoms with van der Waals surface area (Å²) in [5, 5.41) is 10.6. The van der Waals surface area contributed by atoms with Crippen LogP contribution in [0.25, 0.3) is 0 Å². The van der Waals surface area contributed by atoms with Gasteiger partial charge in [-0.1, -0.05) is 5.16 Å². The molecule has 1 aliphatic rings. The molecular formula is C14H17N3O3S. The molecule has 1 amide bonds. The molecule has 0 aromatic carbocycles. The topological polar surface area (TPSA) is 77.2 Å². The molecule has 1 N–H and O–H groups in total. The summed E-state index contributed by atoms with van der Waals surface area (Å²) >= 11 is 1.50. The smallest absolute Gasteiger partial charge is 0.252 e. The number of nitrogens with zero attached hydrogens (tertiary/aromatic N) is 2. The molecule has 0 saturated carbocycles. The Kier molecular flexibility index (Phi) is 4.31. The Labute approximate surface area is 126 Å². The van der Waals surface area contributed by atoms with Crippen LogP contribution < -0.4 is 5.32 Å². The number of aromatic nitrogens is 2. The molecule has 1 aliphatic heterocycles. The van der Waals surface area contributed by atoms with Crippen molar-refractivity contribution < 1.29 is 14.1 Å². The van der Waals surface area contributed by atoms with Crippen molar-refractivity contribution in [3.63, 3.8) is 0 Å². The number of hydrogen-bond donors (Lipinski definition) is 1.